The van der Waals surface area contributed by atoms with Crippen molar-refractivity contribution in [1.29, 1.82) is 0 Å². The number of hydrogen-bond donors (Lipinski definition) is 1. The van der Waals surface area contributed by atoms with Gasteiger partial charge in [-0.25, -0.2) is 0 Å². The van der Waals surface area contributed by atoms with Crippen molar-refractivity contribution in [2.45, 2.75) is 12.8 Å². The second-order valence-corrected chi connectivity index (χ2v) is 1.74. The molecule has 0 heterocycles. The number of hydrogen-bond acceptors (Lipinski definition) is 1. The van der Waals surface area contributed by atoms with Crippen LogP contribution in [0.5, 0.6) is 0 Å². The normalized spacial score (nSPS) is 21.5. The van der Waals surface area contributed by atoms with Crippen LogP contribution in [-0.2, 0) is 0 Å². The van der Waals surface area contributed by atoms with Gasteiger partial charge in [0.1, 0.15) is 0 Å². The van der Waals surface area contributed by atoms with Gasteiger partial charge in [0.15, 0.2) is 0 Å². The molecule has 0 aromatic carbocycles. The van der Waals surface area contributed by atoms with Gasteiger partial charge < -0.3 is 5.11 Å². The van der Waals surface area contributed by atoms with Crippen LogP contribution in [0.25, 0.3) is 0 Å². The maximum absolute atomic E-state index is 8.26. The van der Waals surface area contributed by atoms with Crippen LogP contribution in [0.15, 0.2) is 0 Å². The molecule has 0 aliphatic heterocycles. The van der Waals surface area contributed by atoms with Crippen LogP contribution in [0.3, 0.4) is 0 Å². The zero-order valence-electron chi connectivity index (χ0n) is 3.72. The SMILES string of the molecule is OCCC1[CH]C1. The molecule has 1 aliphatic carbocycles. The predicted octanol–water partition coefficient (Wildman–Crippen LogP) is 0.593. The summed E-state index contributed by atoms with van der Waals surface area (Å²) in [5.41, 5.74) is 0. The second-order valence-electron chi connectivity index (χ2n) is 1.74. The summed E-state index contributed by atoms with van der Waals surface area (Å²) in [6.45, 7) is 0.362. The minimum Gasteiger partial charge on any atom is -0.396 e. The van der Waals surface area contributed by atoms with Crippen molar-refractivity contribution >= 4 is 0 Å². The van der Waals surface area contributed by atoms with Gasteiger partial charge >= 0.3 is 0 Å². The van der Waals surface area contributed by atoms with E-state index in [0.29, 0.717) is 6.61 Å². The molecule has 1 atom stereocenters. The van der Waals surface area contributed by atoms with E-state index in [4.69, 9.17) is 5.11 Å². The first kappa shape index (κ1) is 4.13. The Kier molecular flexibility index (Phi) is 1.10. The van der Waals surface area contributed by atoms with Crippen molar-refractivity contribution < 1.29 is 5.11 Å². The molecule has 1 fully saturated rings. The van der Waals surface area contributed by atoms with Gasteiger partial charge in [-0.1, -0.05) is 0 Å². The fourth-order valence-electron chi connectivity index (χ4n) is 0.498. The van der Waals surface area contributed by atoms with Crippen molar-refractivity contribution in [2.24, 2.45) is 5.92 Å². The first-order chi connectivity index (χ1) is 2.93. The molecule has 1 aliphatic rings. The van der Waals surface area contributed by atoms with E-state index in [1.807, 2.05) is 0 Å². The third-order valence-corrected chi connectivity index (χ3v) is 1.07. The summed E-state index contributed by atoms with van der Waals surface area (Å²) in [6.07, 6.45) is 4.44. The average Bonchev–Trinajstić information content (AvgIpc) is 2.21. The lowest BCUT2D eigenvalue weighted by Crippen LogP contribution is -1.81. The van der Waals surface area contributed by atoms with E-state index in [0.717, 1.165) is 12.3 Å². The van der Waals surface area contributed by atoms with Crippen LogP contribution < -0.4 is 0 Å². The maximum atomic E-state index is 8.26. The Bertz CT molecular complexity index is 39.2. The summed E-state index contributed by atoms with van der Waals surface area (Å²) >= 11 is 0. The zero-order chi connectivity index (χ0) is 4.41. The van der Waals surface area contributed by atoms with E-state index in [1.165, 1.54) is 6.42 Å². The summed E-state index contributed by atoms with van der Waals surface area (Å²) < 4.78 is 0. The molecule has 1 N–H and O–H groups in total. The summed E-state index contributed by atoms with van der Waals surface area (Å²) in [5, 5.41) is 8.26. The molecule has 35 valence electrons. The Hall–Kier alpha value is -0.0400. The van der Waals surface area contributed by atoms with Crippen molar-refractivity contribution in [3.63, 3.8) is 0 Å². The molecule has 1 rings (SSSR count). The van der Waals surface area contributed by atoms with E-state index in [-0.39, 0.29) is 0 Å². The van der Waals surface area contributed by atoms with Gasteiger partial charge in [-0.3, -0.25) is 0 Å². The van der Waals surface area contributed by atoms with E-state index in [1.54, 1.807) is 0 Å². The maximum Gasteiger partial charge on any atom is 0.0433 e. The Morgan fingerprint density at radius 2 is 2.50 bits per heavy atom. The molecule has 0 spiro atoms. The summed E-state index contributed by atoms with van der Waals surface area (Å²) in [7, 11) is 0. The van der Waals surface area contributed by atoms with E-state index in [2.05, 4.69) is 6.42 Å². The molecular weight excluding hydrogens is 76.1 g/mol. The van der Waals surface area contributed by atoms with E-state index < -0.39 is 0 Å². The van der Waals surface area contributed by atoms with Gasteiger partial charge in [-0.05, 0) is 25.2 Å². The number of aliphatic hydroxyl groups excluding tert-OH is 1. The van der Waals surface area contributed by atoms with Crippen molar-refractivity contribution in [3.05, 3.63) is 6.42 Å². The lowest BCUT2D eigenvalue weighted by Gasteiger charge is -1.82. The molecule has 0 bridgehead atoms. The highest BCUT2D eigenvalue weighted by Crippen LogP contribution is 2.29. The lowest BCUT2D eigenvalue weighted by molar-refractivity contribution is 0.282. The highest BCUT2D eigenvalue weighted by atomic mass is 16.3. The third kappa shape index (κ3) is 0.977. The van der Waals surface area contributed by atoms with E-state index in [9.17, 15) is 0 Å². The van der Waals surface area contributed by atoms with E-state index >= 15 is 0 Å². The Labute approximate surface area is 38.0 Å². The molecule has 0 aromatic rings. The highest BCUT2D eigenvalue weighted by Gasteiger charge is 2.19. The van der Waals surface area contributed by atoms with Gasteiger partial charge in [0.25, 0.3) is 0 Å². The van der Waals surface area contributed by atoms with Crippen LogP contribution >= 0.6 is 0 Å². The van der Waals surface area contributed by atoms with Crippen LogP contribution in [-0.4, -0.2) is 11.7 Å². The molecule has 1 radical (unpaired) electrons. The van der Waals surface area contributed by atoms with Gasteiger partial charge in [-0.2, -0.15) is 0 Å². The zero-order valence-corrected chi connectivity index (χ0v) is 3.72. The van der Waals surface area contributed by atoms with Crippen LogP contribution in [0, 0.1) is 12.3 Å². The standard InChI is InChI=1S/C5H9O/c6-4-3-5-1-2-5/h1,5-6H,2-4H2. The van der Waals surface area contributed by atoms with Gasteiger partial charge in [0.05, 0.1) is 0 Å². The number of aliphatic hydroxyl groups is 1. The molecule has 1 nitrogen and oxygen atoms in total. The minimum atomic E-state index is 0.362. The Balaban J connectivity index is 1.88. The molecular formula is C5H9O. The van der Waals surface area contributed by atoms with Gasteiger partial charge in [-0.15, -0.1) is 0 Å². The largest absolute Gasteiger partial charge is 0.396 e. The smallest absolute Gasteiger partial charge is 0.0433 e. The fraction of sp³-hybridized carbons (Fsp3) is 0.800. The molecule has 6 heavy (non-hydrogen) atoms. The van der Waals surface area contributed by atoms with Crippen molar-refractivity contribution in [2.75, 3.05) is 6.61 Å². The first-order valence-corrected chi connectivity index (χ1v) is 2.37. The van der Waals surface area contributed by atoms with Gasteiger partial charge in [0, 0.05) is 6.61 Å². The monoisotopic (exact) mass is 85.1 g/mol. The number of rotatable bonds is 2. The predicted molar refractivity (Wildman–Crippen MR) is 24.1 cm³/mol. The molecule has 0 aromatic heterocycles. The molecule has 0 saturated heterocycles. The van der Waals surface area contributed by atoms with Crippen LogP contribution in [0.1, 0.15) is 12.8 Å². The average molecular weight is 85.1 g/mol. The van der Waals surface area contributed by atoms with Gasteiger partial charge in [0.2, 0.25) is 0 Å². The van der Waals surface area contributed by atoms with Crippen LogP contribution in [0.4, 0.5) is 0 Å². The topological polar surface area (TPSA) is 20.2 Å². The summed E-state index contributed by atoms with van der Waals surface area (Å²) in [4.78, 5) is 0. The molecule has 1 unspecified atom stereocenters. The van der Waals surface area contributed by atoms with Crippen molar-refractivity contribution in [3.8, 4) is 0 Å². The summed E-state index contributed by atoms with van der Waals surface area (Å²) in [5.74, 6) is 0.773. The fourth-order valence-corrected chi connectivity index (χ4v) is 0.498. The second kappa shape index (κ2) is 1.61. The quantitative estimate of drug-likeness (QED) is 0.520. The molecule has 1 saturated carbocycles. The Morgan fingerprint density at radius 3 is 2.67 bits per heavy atom. The lowest BCUT2D eigenvalue weighted by atomic mass is 10.3. The highest BCUT2D eigenvalue weighted by molar-refractivity contribution is 4.93. The summed E-state index contributed by atoms with van der Waals surface area (Å²) in [6, 6.07) is 0. The molecule has 0 amide bonds. The van der Waals surface area contributed by atoms with Crippen LogP contribution in [0.2, 0.25) is 0 Å². The van der Waals surface area contributed by atoms with Crippen molar-refractivity contribution in [1.82, 2.24) is 0 Å². The Morgan fingerprint density at radius 1 is 1.83 bits per heavy atom. The minimum absolute atomic E-state index is 0.362. The molecule has 1 heteroatoms. The third-order valence-electron chi connectivity index (χ3n) is 1.07. The first-order valence-electron chi connectivity index (χ1n) is 2.37.